The van der Waals surface area contributed by atoms with Gasteiger partial charge in [0.05, 0.1) is 1.37 Å². The first-order valence-electron chi connectivity index (χ1n) is 4.15. The van der Waals surface area contributed by atoms with E-state index >= 15 is 0 Å². The summed E-state index contributed by atoms with van der Waals surface area (Å²) in [6, 6.07) is 6.50. The van der Waals surface area contributed by atoms with Gasteiger partial charge in [-0.25, -0.2) is 0 Å². The Morgan fingerprint density at radius 2 is 2.40 bits per heavy atom. The molecule has 1 heteroatoms. The van der Waals surface area contributed by atoms with Gasteiger partial charge in [0.1, 0.15) is 0 Å². The fraction of sp³-hybridized carbons (Fsp3) is 0.333. The van der Waals surface area contributed by atoms with Gasteiger partial charge in [0.15, 0.2) is 0 Å². The lowest BCUT2D eigenvalue weighted by atomic mass is 10.0. The summed E-state index contributed by atoms with van der Waals surface area (Å²) in [4.78, 5) is 0. The molecule has 0 radical (unpaired) electrons. The molecule has 1 aromatic rings. The average molecular weight is 134 g/mol. The summed E-state index contributed by atoms with van der Waals surface area (Å²) in [5.74, 6) is 0. The maximum absolute atomic E-state index is 7.41. The van der Waals surface area contributed by atoms with Crippen LogP contribution in [0.25, 0.3) is 0 Å². The zero-order chi connectivity index (χ0) is 7.68. The first kappa shape index (κ1) is 4.91. The highest BCUT2D eigenvalue weighted by Crippen LogP contribution is 2.11. The highest BCUT2D eigenvalue weighted by Gasteiger charge is 2.05. The van der Waals surface area contributed by atoms with Crippen LogP contribution in [-0.4, -0.2) is 6.54 Å². The van der Waals surface area contributed by atoms with Crippen LogP contribution in [0, 0.1) is 0 Å². The second kappa shape index (κ2) is 2.43. The van der Waals surface area contributed by atoms with E-state index in [0.29, 0.717) is 6.04 Å². The van der Waals surface area contributed by atoms with Crippen molar-refractivity contribution < 1.29 is 1.37 Å². The molecule has 1 aliphatic rings. The van der Waals surface area contributed by atoms with Gasteiger partial charge in [-0.3, -0.25) is 0 Å². The summed E-state index contributed by atoms with van der Waals surface area (Å²) < 4.78 is 7.41. The van der Waals surface area contributed by atoms with Crippen molar-refractivity contribution in [2.75, 3.05) is 6.54 Å². The molecule has 0 aliphatic carbocycles. The van der Waals surface area contributed by atoms with Crippen molar-refractivity contribution in [1.82, 2.24) is 5.32 Å². The van der Waals surface area contributed by atoms with Crippen LogP contribution < -0.4 is 5.32 Å². The van der Waals surface area contributed by atoms with E-state index in [1.54, 1.807) is 0 Å². The van der Waals surface area contributed by atoms with Crippen molar-refractivity contribution in [2.45, 2.75) is 13.0 Å². The van der Waals surface area contributed by atoms with E-state index in [1.165, 1.54) is 11.1 Å². The minimum absolute atomic E-state index is 0.630. The molecule has 1 N–H and O–H groups in total. The molecule has 52 valence electrons. The van der Waals surface area contributed by atoms with Crippen LogP contribution in [0.4, 0.5) is 0 Å². The van der Waals surface area contributed by atoms with Crippen LogP contribution in [0.2, 0.25) is 0 Å². The molecule has 1 aliphatic heterocycles. The van der Waals surface area contributed by atoms with Crippen LogP contribution in [0.15, 0.2) is 24.2 Å². The van der Waals surface area contributed by atoms with Crippen molar-refractivity contribution in [2.24, 2.45) is 0 Å². The van der Waals surface area contributed by atoms with Gasteiger partial charge in [0.2, 0.25) is 0 Å². The standard InChI is InChI=1S/C9H11N/c1-2-4-9-7-10-6-5-8(9)3-1/h1-4,10H,5-7H2/i1D. The Balaban J connectivity index is 2.43. The monoisotopic (exact) mass is 134 g/mol. The molecule has 2 rings (SSSR count). The molecule has 0 amide bonds. The molecule has 0 fully saturated rings. The normalized spacial score (nSPS) is 17.8. The van der Waals surface area contributed by atoms with Crippen molar-refractivity contribution in [3.8, 4) is 0 Å². The van der Waals surface area contributed by atoms with E-state index in [1.807, 2.05) is 18.2 Å². The molecular formula is C9H11N. The number of nitrogens with one attached hydrogen (secondary N) is 1. The zero-order valence-electron chi connectivity index (χ0n) is 6.85. The van der Waals surface area contributed by atoms with Gasteiger partial charge < -0.3 is 5.32 Å². The second-order valence-corrected chi connectivity index (χ2v) is 2.62. The molecule has 0 bridgehead atoms. The van der Waals surface area contributed by atoms with Gasteiger partial charge in [-0.1, -0.05) is 24.2 Å². The third-order valence-electron chi connectivity index (χ3n) is 1.94. The minimum atomic E-state index is 0.630. The average Bonchev–Trinajstić information content (AvgIpc) is 2.04. The van der Waals surface area contributed by atoms with Crippen molar-refractivity contribution in [3.63, 3.8) is 0 Å². The molecule has 0 spiro atoms. The fourth-order valence-electron chi connectivity index (χ4n) is 1.35. The number of hydrogen-bond acceptors (Lipinski definition) is 1. The molecule has 10 heavy (non-hydrogen) atoms. The van der Waals surface area contributed by atoms with Crippen molar-refractivity contribution in [1.29, 1.82) is 0 Å². The lowest BCUT2D eigenvalue weighted by molar-refractivity contribution is 0.644. The van der Waals surface area contributed by atoms with Crippen LogP contribution in [0.3, 0.4) is 0 Å². The van der Waals surface area contributed by atoms with E-state index in [-0.39, 0.29) is 0 Å². The van der Waals surface area contributed by atoms with Crippen LogP contribution in [0.5, 0.6) is 0 Å². The Labute approximate surface area is 62.5 Å². The van der Waals surface area contributed by atoms with Gasteiger partial charge in [0, 0.05) is 6.54 Å². The molecule has 0 unspecified atom stereocenters. The van der Waals surface area contributed by atoms with E-state index in [0.717, 1.165) is 19.5 Å². The second-order valence-electron chi connectivity index (χ2n) is 2.62. The van der Waals surface area contributed by atoms with Crippen LogP contribution in [-0.2, 0) is 13.0 Å². The Hall–Kier alpha value is -0.820. The van der Waals surface area contributed by atoms with E-state index in [4.69, 9.17) is 1.37 Å². The Kier molecular flexibility index (Phi) is 1.19. The number of fused-ring (bicyclic) bond motifs is 1. The summed E-state index contributed by atoms with van der Waals surface area (Å²) in [7, 11) is 0. The Bertz CT molecular complexity index is 270. The maximum Gasteiger partial charge on any atom is 0.0623 e. The highest BCUT2D eigenvalue weighted by molar-refractivity contribution is 5.28. The maximum atomic E-state index is 7.41. The number of benzene rings is 1. The van der Waals surface area contributed by atoms with E-state index in [9.17, 15) is 0 Å². The molecule has 1 aromatic carbocycles. The van der Waals surface area contributed by atoms with Gasteiger partial charge in [-0.2, -0.15) is 0 Å². The molecular weight excluding hydrogens is 122 g/mol. The molecule has 0 atom stereocenters. The number of rotatable bonds is 0. The topological polar surface area (TPSA) is 12.0 Å². The van der Waals surface area contributed by atoms with Crippen LogP contribution >= 0.6 is 0 Å². The van der Waals surface area contributed by atoms with Crippen molar-refractivity contribution >= 4 is 0 Å². The van der Waals surface area contributed by atoms with Crippen LogP contribution in [0.1, 0.15) is 12.5 Å². The smallest absolute Gasteiger partial charge is 0.0623 e. The summed E-state index contributed by atoms with van der Waals surface area (Å²) in [6.45, 7) is 2.02. The SMILES string of the molecule is [2H]c1ccc2c(c1)CCNC2. The zero-order valence-corrected chi connectivity index (χ0v) is 5.85. The Morgan fingerprint density at radius 1 is 1.40 bits per heavy atom. The van der Waals surface area contributed by atoms with Crippen molar-refractivity contribution in [3.05, 3.63) is 35.4 Å². The minimum Gasteiger partial charge on any atom is -0.312 e. The summed E-state index contributed by atoms with van der Waals surface area (Å²) in [5, 5.41) is 3.30. The van der Waals surface area contributed by atoms with E-state index < -0.39 is 0 Å². The lowest BCUT2D eigenvalue weighted by Crippen LogP contribution is -2.23. The van der Waals surface area contributed by atoms with Gasteiger partial charge in [-0.15, -0.1) is 0 Å². The summed E-state index contributed by atoms with van der Waals surface area (Å²) in [5.41, 5.74) is 2.70. The third kappa shape index (κ3) is 0.929. The summed E-state index contributed by atoms with van der Waals surface area (Å²) >= 11 is 0. The van der Waals surface area contributed by atoms with E-state index in [2.05, 4.69) is 5.32 Å². The number of hydrogen-bond donors (Lipinski definition) is 1. The van der Waals surface area contributed by atoms with Gasteiger partial charge in [0.25, 0.3) is 0 Å². The lowest BCUT2D eigenvalue weighted by Gasteiger charge is -2.15. The first-order valence-corrected chi connectivity index (χ1v) is 3.65. The third-order valence-corrected chi connectivity index (χ3v) is 1.94. The Morgan fingerprint density at radius 3 is 3.40 bits per heavy atom. The first-order chi connectivity index (χ1) is 5.36. The summed E-state index contributed by atoms with van der Waals surface area (Å²) in [6.07, 6.45) is 1.07. The molecule has 0 saturated carbocycles. The highest BCUT2D eigenvalue weighted by atomic mass is 14.9. The quantitative estimate of drug-likeness (QED) is 0.564. The van der Waals surface area contributed by atoms with Gasteiger partial charge in [-0.05, 0) is 24.1 Å². The molecule has 1 heterocycles. The molecule has 1 nitrogen and oxygen atoms in total. The molecule has 0 aromatic heterocycles. The van der Waals surface area contributed by atoms with Gasteiger partial charge >= 0.3 is 0 Å². The molecule has 0 saturated heterocycles. The fourth-order valence-corrected chi connectivity index (χ4v) is 1.35. The largest absolute Gasteiger partial charge is 0.312 e. The predicted molar refractivity (Wildman–Crippen MR) is 41.9 cm³/mol. The predicted octanol–water partition coefficient (Wildman–Crippen LogP) is 1.33.